The summed E-state index contributed by atoms with van der Waals surface area (Å²) >= 11 is 0. The fourth-order valence-electron chi connectivity index (χ4n) is 5.28. The Kier molecular flexibility index (Phi) is 7.90. The fourth-order valence-corrected chi connectivity index (χ4v) is 6.28. The van der Waals surface area contributed by atoms with Gasteiger partial charge in [-0.1, -0.05) is 24.3 Å². The van der Waals surface area contributed by atoms with Gasteiger partial charge in [0, 0.05) is 31.7 Å². The van der Waals surface area contributed by atoms with Gasteiger partial charge in [-0.3, -0.25) is 9.59 Å². The number of rotatable bonds is 11. The van der Waals surface area contributed by atoms with Crippen molar-refractivity contribution in [1.82, 2.24) is 19.6 Å². The molecule has 0 spiro atoms. The third kappa shape index (κ3) is 6.18. The number of sulfonamides is 1. The molecule has 12 heteroatoms. The van der Waals surface area contributed by atoms with Crippen LogP contribution in [0.4, 0.5) is 4.39 Å². The van der Waals surface area contributed by atoms with Crippen molar-refractivity contribution < 1.29 is 32.2 Å². The standard InChI is InChI=1S/C28H31FN4O6S/c1-33-15-26(30-16-33)40(37,38)31-10-11-39-19-8-6-17-7-9-25(32-27(34)22-14-23(22)28(35)36)21(20(17)13-19)12-18-4-2-3-5-24(18)29/h2-6,8,13,15-16,21-23,25,31H,7,9-12,14H2,1H3,(H,32,34)(H,35,36)/t21?,22-,23+,25?/m0/s1. The topological polar surface area (TPSA) is 140 Å². The number of halogens is 1. The van der Waals surface area contributed by atoms with Gasteiger partial charge >= 0.3 is 5.97 Å². The van der Waals surface area contributed by atoms with Gasteiger partial charge in [0.1, 0.15) is 18.2 Å². The van der Waals surface area contributed by atoms with E-state index in [4.69, 9.17) is 4.74 Å². The van der Waals surface area contributed by atoms with Gasteiger partial charge in [0.2, 0.25) is 5.91 Å². The zero-order valence-electron chi connectivity index (χ0n) is 21.9. The lowest BCUT2D eigenvalue weighted by Gasteiger charge is -2.35. The van der Waals surface area contributed by atoms with Crippen molar-refractivity contribution in [3.05, 3.63) is 77.5 Å². The molecule has 0 saturated heterocycles. The predicted molar refractivity (Wildman–Crippen MR) is 143 cm³/mol. The van der Waals surface area contributed by atoms with E-state index in [-0.39, 0.29) is 41.9 Å². The molecule has 0 bridgehead atoms. The third-order valence-electron chi connectivity index (χ3n) is 7.52. The Morgan fingerprint density at radius 2 is 2.00 bits per heavy atom. The van der Waals surface area contributed by atoms with Crippen LogP contribution >= 0.6 is 0 Å². The zero-order valence-corrected chi connectivity index (χ0v) is 22.7. The number of carbonyl (C=O) groups excluding carboxylic acids is 1. The number of nitrogens with one attached hydrogen (secondary N) is 2. The van der Waals surface area contributed by atoms with E-state index in [1.807, 2.05) is 18.2 Å². The van der Waals surface area contributed by atoms with Crippen LogP contribution in [-0.2, 0) is 39.5 Å². The largest absolute Gasteiger partial charge is 0.492 e. The molecule has 2 aliphatic carbocycles. The molecular formula is C28H31FN4O6S. The molecule has 2 aromatic carbocycles. The van der Waals surface area contributed by atoms with Gasteiger partial charge in [0.15, 0.2) is 5.03 Å². The first-order chi connectivity index (χ1) is 19.1. The van der Waals surface area contributed by atoms with Crippen molar-refractivity contribution in [2.45, 2.75) is 42.7 Å². The van der Waals surface area contributed by atoms with Crippen LogP contribution in [0.25, 0.3) is 0 Å². The molecule has 1 heterocycles. The van der Waals surface area contributed by atoms with E-state index in [0.717, 1.165) is 11.1 Å². The molecule has 212 valence electrons. The highest BCUT2D eigenvalue weighted by Gasteiger charge is 2.49. The van der Waals surface area contributed by atoms with E-state index in [9.17, 15) is 27.5 Å². The number of fused-ring (bicyclic) bond motifs is 1. The maximum Gasteiger partial charge on any atom is 0.307 e. The number of imidazole rings is 1. The Balaban J connectivity index is 1.30. The second-order valence-corrected chi connectivity index (χ2v) is 12.0. The summed E-state index contributed by atoms with van der Waals surface area (Å²) in [5.41, 5.74) is 2.49. The average molecular weight is 571 g/mol. The SMILES string of the molecule is Cn1cnc(S(=O)(=O)NCCOc2ccc3c(c2)C(Cc2ccccc2F)C(NC(=O)[C@H]2C[C@H]2C(=O)O)CC3)c1. The van der Waals surface area contributed by atoms with Gasteiger partial charge in [-0.25, -0.2) is 22.5 Å². The number of carboxylic acids is 1. The number of aryl methyl sites for hydroxylation is 2. The monoisotopic (exact) mass is 570 g/mol. The number of nitrogens with zero attached hydrogens (tertiary/aromatic N) is 2. The van der Waals surface area contributed by atoms with Crippen LogP contribution < -0.4 is 14.8 Å². The lowest BCUT2D eigenvalue weighted by molar-refractivity contribution is -0.140. The van der Waals surface area contributed by atoms with E-state index >= 15 is 0 Å². The van der Waals surface area contributed by atoms with Crippen molar-refractivity contribution in [3.63, 3.8) is 0 Å². The van der Waals surface area contributed by atoms with E-state index in [2.05, 4.69) is 15.0 Å². The van der Waals surface area contributed by atoms with Gasteiger partial charge in [0.25, 0.3) is 10.0 Å². The quantitative estimate of drug-likeness (QED) is 0.301. The number of ether oxygens (including phenoxy) is 1. The van der Waals surface area contributed by atoms with E-state index in [1.54, 1.807) is 29.8 Å². The van der Waals surface area contributed by atoms with Crippen molar-refractivity contribution >= 4 is 21.9 Å². The highest BCUT2D eigenvalue weighted by Crippen LogP contribution is 2.41. The maximum absolute atomic E-state index is 14.7. The minimum absolute atomic E-state index is 0.0272. The normalized spacial score (nSPS) is 21.9. The van der Waals surface area contributed by atoms with Crippen LogP contribution in [0.5, 0.6) is 5.75 Å². The number of hydrogen-bond donors (Lipinski definition) is 3. The molecule has 3 N–H and O–H groups in total. The molecule has 1 aromatic heterocycles. The Morgan fingerprint density at radius 3 is 2.70 bits per heavy atom. The number of carboxylic acid groups (broad SMARTS) is 1. The molecule has 40 heavy (non-hydrogen) atoms. The number of hydrogen-bond acceptors (Lipinski definition) is 6. The maximum atomic E-state index is 14.7. The minimum atomic E-state index is -3.76. The lowest BCUT2D eigenvalue weighted by atomic mass is 9.76. The molecule has 4 atom stereocenters. The number of carbonyl (C=O) groups is 2. The third-order valence-corrected chi connectivity index (χ3v) is 8.86. The molecular weight excluding hydrogens is 539 g/mol. The number of benzene rings is 2. The highest BCUT2D eigenvalue weighted by molar-refractivity contribution is 7.89. The molecule has 0 radical (unpaired) electrons. The Hall–Kier alpha value is -3.77. The first-order valence-electron chi connectivity index (χ1n) is 13.1. The van der Waals surface area contributed by atoms with Gasteiger partial charge < -0.3 is 19.7 Å². The fraction of sp³-hybridized carbons (Fsp3) is 0.393. The van der Waals surface area contributed by atoms with Crippen LogP contribution in [0.3, 0.4) is 0 Å². The van der Waals surface area contributed by atoms with Crippen molar-refractivity contribution in [2.75, 3.05) is 13.2 Å². The molecule has 3 aromatic rings. The van der Waals surface area contributed by atoms with Crippen molar-refractivity contribution in [3.8, 4) is 5.75 Å². The number of amides is 1. The molecule has 10 nitrogen and oxygen atoms in total. The second kappa shape index (κ2) is 11.4. The van der Waals surface area contributed by atoms with E-state index in [0.29, 0.717) is 37.0 Å². The second-order valence-electron chi connectivity index (χ2n) is 10.3. The summed E-state index contributed by atoms with van der Waals surface area (Å²) in [4.78, 5) is 28.0. The average Bonchev–Trinajstić information content (AvgIpc) is 3.62. The van der Waals surface area contributed by atoms with E-state index < -0.39 is 27.8 Å². The van der Waals surface area contributed by atoms with Gasteiger partial charge in [-0.15, -0.1) is 0 Å². The summed E-state index contributed by atoms with van der Waals surface area (Å²) in [5, 5.41) is 12.2. The first-order valence-corrected chi connectivity index (χ1v) is 14.6. The highest BCUT2D eigenvalue weighted by atomic mass is 32.2. The summed E-state index contributed by atoms with van der Waals surface area (Å²) in [7, 11) is -2.08. The van der Waals surface area contributed by atoms with Gasteiger partial charge in [-0.2, -0.15) is 0 Å². The summed E-state index contributed by atoms with van der Waals surface area (Å²) < 4.78 is 49.3. The van der Waals surface area contributed by atoms with Gasteiger partial charge in [0.05, 0.1) is 18.2 Å². The lowest BCUT2D eigenvalue weighted by Crippen LogP contribution is -2.43. The Bertz CT molecular complexity index is 1520. The molecule has 1 saturated carbocycles. The summed E-state index contributed by atoms with van der Waals surface area (Å²) in [5.74, 6) is -2.53. The van der Waals surface area contributed by atoms with Crippen molar-refractivity contribution in [2.24, 2.45) is 18.9 Å². The number of aromatic nitrogens is 2. The first kappa shape index (κ1) is 27.8. The molecule has 5 rings (SSSR count). The summed E-state index contributed by atoms with van der Waals surface area (Å²) in [6.07, 6.45) is 4.79. The predicted octanol–water partition coefficient (Wildman–Crippen LogP) is 2.39. The summed E-state index contributed by atoms with van der Waals surface area (Å²) in [6, 6.07) is 11.8. The molecule has 2 aliphatic rings. The molecule has 0 aliphatic heterocycles. The van der Waals surface area contributed by atoms with Gasteiger partial charge in [-0.05, 0) is 60.6 Å². The van der Waals surface area contributed by atoms with Crippen LogP contribution in [0.15, 0.2) is 60.0 Å². The Labute approximate surface area is 231 Å². The molecule has 1 fully saturated rings. The molecule has 1 amide bonds. The van der Waals surface area contributed by atoms with Crippen molar-refractivity contribution in [1.29, 1.82) is 0 Å². The smallest absolute Gasteiger partial charge is 0.307 e. The minimum Gasteiger partial charge on any atom is -0.492 e. The van der Waals surface area contributed by atoms with Crippen LogP contribution in [0, 0.1) is 17.7 Å². The number of aliphatic carboxylic acids is 1. The van der Waals surface area contributed by atoms with Crippen LogP contribution in [0.1, 0.15) is 35.4 Å². The van der Waals surface area contributed by atoms with Crippen LogP contribution in [-0.4, -0.2) is 54.1 Å². The summed E-state index contributed by atoms with van der Waals surface area (Å²) in [6.45, 7) is 0.0979. The Morgan fingerprint density at radius 1 is 1.20 bits per heavy atom. The zero-order chi connectivity index (χ0) is 28.4. The van der Waals surface area contributed by atoms with E-state index in [1.165, 1.54) is 18.6 Å². The van der Waals surface area contributed by atoms with Crippen LogP contribution in [0.2, 0.25) is 0 Å². The molecule has 2 unspecified atom stereocenters.